The van der Waals surface area contributed by atoms with Gasteiger partial charge in [-0.15, -0.1) is 0 Å². The lowest BCUT2D eigenvalue weighted by Crippen LogP contribution is -2.15. The van der Waals surface area contributed by atoms with Crippen LogP contribution in [-0.4, -0.2) is 24.7 Å². The molecule has 0 fully saturated rings. The van der Waals surface area contributed by atoms with Crippen molar-refractivity contribution in [2.75, 3.05) is 4.72 Å². The van der Waals surface area contributed by atoms with Gasteiger partial charge in [-0.25, -0.2) is 13.2 Å². The molecule has 2 aromatic rings. The van der Waals surface area contributed by atoms with Gasteiger partial charge in [0.15, 0.2) is 5.82 Å². The summed E-state index contributed by atoms with van der Waals surface area (Å²) in [7, 11) is -4.14. The monoisotopic (exact) mass is 336 g/mol. The zero-order valence-corrected chi connectivity index (χ0v) is 11.8. The third kappa shape index (κ3) is 2.87. The Hall–Kier alpha value is -1.77. The number of nitrogens with one attached hydrogen (secondary N) is 1. The summed E-state index contributed by atoms with van der Waals surface area (Å²) in [5.74, 6) is -1.46. The number of rotatable bonds is 4. The van der Waals surface area contributed by atoms with E-state index in [4.69, 9.17) is 28.3 Å². The summed E-state index contributed by atoms with van der Waals surface area (Å²) in [4.78, 5) is 10.5. The third-order valence-corrected chi connectivity index (χ3v) is 4.32. The fourth-order valence-electron chi connectivity index (χ4n) is 1.37. The molecule has 2 N–H and O–H groups in total. The summed E-state index contributed by atoms with van der Waals surface area (Å²) >= 11 is 11.5. The zero-order chi connectivity index (χ0) is 14.9. The van der Waals surface area contributed by atoms with Crippen LogP contribution >= 0.6 is 23.2 Å². The first kappa shape index (κ1) is 14.6. The Morgan fingerprint density at radius 2 is 2.05 bits per heavy atom. The molecule has 0 atom stereocenters. The van der Waals surface area contributed by atoms with E-state index < -0.39 is 31.5 Å². The molecule has 1 aromatic heterocycles. The molecule has 0 saturated heterocycles. The lowest BCUT2D eigenvalue weighted by molar-refractivity contribution is 0.0697. The van der Waals surface area contributed by atoms with Crippen molar-refractivity contribution in [3.8, 4) is 0 Å². The van der Waals surface area contributed by atoms with Gasteiger partial charge in [0, 0.05) is 11.1 Å². The van der Waals surface area contributed by atoms with Crippen molar-refractivity contribution in [2.45, 2.75) is 4.90 Å². The first-order valence-electron chi connectivity index (χ1n) is 4.97. The average Bonchev–Trinajstić information content (AvgIpc) is 2.83. The van der Waals surface area contributed by atoms with Crippen LogP contribution in [0.3, 0.4) is 0 Å². The van der Waals surface area contributed by atoms with Crippen LogP contribution in [0.2, 0.25) is 10.0 Å². The van der Waals surface area contributed by atoms with Crippen LogP contribution in [0.25, 0.3) is 0 Å². The Bertz CT molecular complexity index is 758. The van der Waals surface area contributed by atoms with Gasteiger partial charge in [-0.1, -0.05) is 28.4 Å². The normalized spacial score (nSPS) is 11.3. The Kier molecular flexibility index (Phi) is 3.89. The zero-order valence-electron chi connectivity index (χ0n) is 9.50. The minimum atomic E-state index is -4.14. The Morgan fingerprint density at radius 3 is 2.60 bits per heavy atom. The lowest BCUT2D eigenvalue weighted by atomic mass is 10.2. The summed E-state index contributed by atoms with van der Waals surface area (Å²) in [5.41, 5.74) is -0.417. The molecule has 20 heavy (non-hydrogen) atoms. The summed E-state index contributed by atoms with van der Waals surface area (Å²) in [6.07, 6.45) is 1.17. The predicted molar refractivity (Wildman–Crippen MR) is 70.7 cm³/mol. The van der Waals surface area contributed by atoms with E-state index in [1.165, 1.54) is 12.3 Å². The molecule has 0 aliphatic carbocycles. The van der Waals surface area contributed by atoms with E-state index in [1.54, 1.807) is 0 Å². The van der Waals surface area contributed by atoms with Gasteiger partial charge in [-0.05, 0) is 12.1 Å². The molecule has 1 heterocycles. The molecule has 2 rings (SSSR count). The van der Waals surface area contributed by atoms with Crippen molar-refractivity contribution in [1.82, 2.24) is 5.16 Å². The van der Waals surface area contributed by atoms with Crippen molar-refractivity contribution in [3.63, 3.8) is 0 Å². The number of hydrogen-bond donors (Lipinski definition) is 2. The number of benzene rings is 1. The maximum absolute atomic E-state index is 12.1. The number of carbonyl (C=O) groups is 1. The number of halogens is 2. The molecule has 0 aliphatic rings. The summed E-state index contributed by atoms with van der Waals surface area (Å²) in [6.45, 7) is 0. The van der Waals surface area contributed by atoms with Gasteiger partial charge < -0.3 is 9.63 Å². The van der Waals surface area contributed by atoms with E-state index in [-0.39, 0.29) is 10.8 Å². The van der Waals surface area contributed by atoms with Crippen molar-refractivity contribution in [1.29, 1.82) is 0 Å². The number of carboxylic acids is 1. The van der Waals surface area contributed by atoms with E-state index in [0.29, 0.717) is 0 Å². The molecule has 0 radical (unpaired) electrons. The smallest absolute Gasteiger partial charge is 0.337 e. The maximum atomic E-state index is 12.1. The molecule has 0 unspecified atom stereocenters. The molecule has 0 saturated carbocycles. The van der Waals surface area contributed by atoms with Crippen LogP contribution in [0, 0.1) is 0 Å². The van der Waals surface area contributed by atoms with E-state index in [2.05, 4.69) is 14.4 Å². The van der Waals surface area contributed by atoms with Gasteiger partial charge in [0.05, 0.1) is 10.6 Å². The molecule has 0 amide bonds. The van der Waals surface area contributed by atoms with Crippen molar-refractivity contribution in [2.24, 2.45) is 0 Å². The minimum absolute atomic E-state index is 0.0714. The minimum Gasteiger partial charge on any atom is -0.478 e. The van der Waals surface area contributed by atoms with Gasteiger partial charge >= 0.3 is 5.97 Å². The molecule has 7 nitrogen and oxygen atoms in total. The Balaban J connectivity index is 2.54. The molecular weight excluding hydrogens is 331 g/mol. The highest BCUT2D eigenvalue weighted by atomic mass is 35.5. The SMILES string of the molecule is O=C(O)c1cc(Cl)cc(S(=O)(=O)Nc2ccon2)c1Cl. The van der Waals surface area contributed by atoms with Crippen LogP contribution < -0.4 is 4.72 Å². The van der Waals surface area contributed by atoms with Crippen LogP contribution in [0.4, 0.5) is 5.82 Å². The standard InChI is InChI=1S/C10H6Cl2N2O5S/c11-5-3-6(10(15)16)9(12)7(4-5)20(17,18)14-8-1-2-19-13-8/h1-4H,(H,13,14)(H,15,16). The summed E-state index contributed by atoms with van der Waals surface area (Å²) in [6, 6.07) is 3.37. The van der Waals surface area contributed by atoms with Crippen molar-refractivity contribution < 1.29 is 22.8 Å². The number of aromatic carboxylic acids is 1. The fourth-order valence-corrected chi connectivity index (χ4v) is 3.27. The topological polar surface area (TPSA) is 110 Å². The number of sulfonamides is 1. The number of aromatic nitrogens is 1. The maximum Gasteiger partial charge on any atom is 0.337 e. The van der Waals surface area contributed by atoms with E-state index in [9.17, 15) is 13.2 Å². The first-order chi connectivity index (χ1) is 9.31. The molecule has 0 bridgehead atoms. The summed E-state index contributed by atoms with van der Waals surface area (Å²) < 4.78 is 30.8. The predicted octanol–water partition coefficient (Wildman–Crippen LogP) is 2.48. The van der Waals surface area contributed by atoms with Crippen LogP contribution in [0.1, 0.15) is 10.4 Å². The third-order valence-electron chi connectivity index (χ3n) is 2.20. The van der Waals surface area contributed by atoms with Crippen molar-refractivity contribution in [3.05, 3.63) is 40.1 Å². The molecule has 0 spiro atoms. The quantitative estimate of drug-likeness (QED) is 0.887. The second-order valence-corrected chi connectivity index (χ2v) is 6.03. The van der Waals surface area contributed by atoms with Crippen LogP contribution in [0.5, 0.6) is 0 Å². The molecule has 10 heteroatoms. The Morgan fingerprint density at radius 1 is 1.35 bits per heavy atom. The highest BCUT2D eigenvalue weighted by Gasteiger charge is 2.24. The van der Waals surface area contributed by atoms with E-state index in [0.717, 1.165) is 12.1 Å². The second kappa shape index (κ2) is 5.31. The Labute approximate surface area is 123 Å². The van der Waals surface area contributed by atoms with Gasteiger partial charge in [0.1, 0.15) is 11.2 Å². The number of hydrogen-bond acceptors (Lipinski definition) is 5. The van der Waals surface area contributed by atoms with Gasteiger partial charge in [0.2, 0.25) is 0 Å². The number of nitrogens with zero attached hydrogens (tertiary/aromatic N) is 1. The van der Waals surface area contributed by atoms with E-state index in [1.807, 2.05) is 0 Å². The molecule has 0 aliphatic heterocycles. The molecular formula is C10H6Cl2N2O5S. The highest BCUT2D eigenvalue weighted by molar-refractivity contribution is 7.92. The fraction of sp³-hybridized carbons (Fsp3) is 0. The lowest BCUT2D eigenvalue weighted by Gasteiger charge is -2.09. The first-order valence-corrected chi connectivity index (χ1v) is 7.20. The van der Waals surface area contributed by atoms with Crippen LogP contribution in [-0.2, 0) is 10.0 Å². The summed E-state index contributed by atoms with van der Waals surface area (Å²) in [5, 5.41) is 11.8. The average molecular weight is 337 g/mol. The van der Waals surface area contributed by atoms with Gasteiger partial charge in [-0.3, -0.25) is 4.72 Å². The second-order valence-electron chi connectivity index (χ2n) is 3.56. The number of carboxylic acid groups (broad SMARTS) is 1. The van der Waals surface area contributed by atoms with Gasteiger partial charge in [0.25, 0.3) is 10.0 Å². The largest absolute Gasteiger partial charge is 0.478 e. The van der Waals surface area contributed by atoms with Gasteiger partial charge in [-0.2, -0.15) is 0 Å². The van der Waals surface area contributed by atoms with E-state index >= 15 is 0 Å². The molecule has 106 valence electrons. The molecule has 1 aromatic carbocycles. The van der Waals surface area contributed by atoms with Crippen molar-refractivity contribution >= 4 is 45.0 Å². The number of anilines is 1. The van der Waals surface area contributed by atoms with Crippen LogP contribution in [0.15, 0.2) is 33.9 Å². The highest BCUT2D eigenvalue weighted by Crippen LogP contribution is 2.30.